The molecule has 1 heterocycles. The van der Waals surface area contributed by atoms with Crippen LogP contribution < -0.4 is 20.1 Å². The van der Waals surface area contributed by atoms with E-state index in [0.29, 0.717) is 29.5 Å². The Balaban J connectivity index is 1.98. The Bertz CT molecular complexity index is 456. The van der Waals surface area contributed by atoms with E-state index in [9.17, 15) is 4.79 Å². The van der Waals surface area contributed by atoms with Gasteiger partial charge in [0, 0.05) is 12.5 Å². The number of piperidine rings is 1. The first-order chi connectivity index (χ1) is 9.72. The van der Waals surface area contributed by atoms with Gasteiger partial charge in [0.1, 0.15) is 11.5 Å². The summed E-state index contributed by atoms with van der Waals surface area (Å²) in [6, 6.07) is 5.37. The lowest BCUT2D eigenvalue weighted by Crippen LogP contribution is -2.32. The molecule has 2 rings (SSSR count). The molecule has 110 valence electrons. The summed E-state index contributed by atoms with van der Waals surface area (Å²) < 4.78 is 10.4. The summed E-state index contributed by atoms with van der Waals surface area (Å²) in [6.07, 6.45) is 2.78. The molecule has 0 saturated carbocycles. The molecule has 1 atom stereocenters. The smallest absolute Gasteiger partial charge is 0.224 e. The largest absolute Gasteiger partial charge is 0.497 e. The maximum absolute atomic E-state index is 12.1. The molecule has 1 aliphatic rings. The van der Waals surface area contributed by atoms with Crippen LogP contribution >= 0.6 is 0 Å². The average Bonchev–Trinajstić information content (AvgIpc) is 2.48. The predicted molar refractivity (Wildman–Crippen MR) is 78.4 cm³/mol. The Hall–Kier alpha value is -1.75. The van der Waals surface area contributed by atoms with Gasteiger partial charge in [-0.05, 0) is 44.0 Å². The molecule has 5 heteroatoms. The average molecular weight is 278 g/mol. The summed E-state index contributed by atoms with van der Waals surface area (Å²) in [5, 5.41) is 6.23. The van der Waals surface area contributed by atoms with Gasteiger partial charge in [-0.2, -0.15) is 0 Å². The van der Waals surface area contributed by atoms with Gasteiger partial charge in [0.15, 0.2) is 0 Å². The zero-order chi connectivity index (χ0) is 14.4. The topological polar surface area (TPSA) is 59.6 Å². The van der Waals surface area contributed by atoms with Crippen molar-refractivity contribution in [1.29, 1.82) is 0 Å². The van der Waals surface area contributed by atoms with E-state index in [4.69, 9.17) is 9.47 Å². The predicted octanol–water partition coefficient (Wildman–Crippen LogP) is 2.03. The zero-order valence-electron chi connectivity index (χ0n) is 12.1. The molecular weight excluding hydrogens is 256 g/mol. The molecule has 0 aromatic heterocycles. The second-order valence-electron chi connectivity index (χ2n) is 5.03. The number of nitrogens with one attached hydrogen (secondary N) is 2. The third-order valence-corrected chi connectivity index (χ3v) is 3.55. The zero-order valence-corrected chi connectivity index (χ0v) is 12.1. The minimum atomic E-state index is 0.0188. The van der Waals surface area contributed by atoms with Gasteiger partial charge < -0.3 is 20.1 Å². The van der Waals surface area contributed by atoms with Crippen molar-refractivity contribution in [2.45, 2.75) is 19.3 Å². The van der Waals surface area contributed by atoms with Crippen LogP contribution in [0.25, 0.3) is 0 Å². The van der Waals surface area contributed by atoms with E-state index in [0.717, 1.165) is 25.9 Å². The van der Waals surface area contributed by atoms with Crippen LogP contribution in [0.1, 0.15) is 19.3 Å². The van der Waals surface area contributed by atoms with Crippen LogP contribution in [-0.2, 0) is 4.79 Å². The lowest BCUT2D eigenvalue weighted by Gasteiger charge is -2.22. The third-order valence-electron chi connectivity index (χ3n) is 3.55. The number of carbonyl (C=O) groups is 1. The maximum atomic E-state index is 12.1. The minimum absolute atomic E-state index is 0.0188. The molecular formula is C15H22N2O3. The van der Waals surface area contributed by atoms with Gasteiger partial charge in [-0.15, -0.1) is 0 Å². The van der Waals surface area contributed by atoms with E-state index in [1.54, 1.807) is 32.4 Å². The molecule has 1 unspecified atom stereocenters. The second kappa shape index (κ2) is 7.14. The first-order valence-electron chi connectivity index (χ1n) is 6.95. The van der Waals surface area contributed by atoms with Gasteiger partial charge in [0.05, 0.1) is 19.9 Å². The summed E-state index contributed by atoms with van der Waals surface area (Å²) >= 11 is 0. The fraction of sp³-hybridized carbons (Fsp3) is 0.533. The van der Waals surface area contributed by atoms with Gasteiger partial charge in [0.2, 0.25) is 5.91 Å². The summed E-state index contributed by atoms with van der Waals surface area (Å²) in [5.41, 5.74) is 0.653. The maximum Gasteiger partial charge on any atom is 0.224 e. The van der Waals surface area contributed by atoms with Crippen LogP contribution in [-0.4, -0.2) is 33.2 Å². The summed E-state index contributed by atoms with van der Waals surface area (Å²) in [6.45, 7) is 1.98. The highest BCUT2D eigenvalue weighted by molar-refractivity contribution is 5.92. The van der Waals surface area contributed by atoms with Crippen molar-refractivity contribution >= 4 is 11.6 Å². The number of ether oxygens (including phenoxy) is 2. The molecule has 1 aliphatic heterocycles. The Morgan fingerprint density at radius 2 is 2.25 bits per heavy atom. The highest BCUT2D eigenvalue weighted by atomic mass is 16.5. The molecule has 1 amide bonds. The van der Waals surface area contributed by atoms with Crippen molar-refractivity contribution in [3.05, 3.63) is 18.2 Å². The monoisotopic (exact) mass is 278 g/mol. The van der Waals surface area contributed by atoms with Crippen molar-refractivity contribution in [2.75, 3.05) is 32.6 Å². The standard InChI is InChI=1S/C15H22N2O3/c1-19-12-5-6-14(20-2)13(9-12)17-15(18)8-11-4-3-7-16-10-11/h5-6,9,11,16H,3-4,7-8,10H2,1-2H3,(H,17,18). The molecule has 0 radical (unpaired) electrons. The van der Waals surface area contributed by atoms with Gasteiger partial charge >= 0.3 is 0 Å². The Morgan fingerprint density at radius 3 is 2.90 bits per heavy atom. The number of rotatable bonds is 5. The molecule has 0 aliphatic carbocycles. The quantitative estimate of drug-likeness (QED) is 0.865. The molecule has 1 fully saturated rings. The Labute approximate surface area is 119 Å². The molecule has 2 N–H and O–H groups in total. The van der Waals surface area contributed by atoms with Gasteiger partial charge in [-0.1, -0.05) is 0 Å². The molecule has 20 heavy (non-hydrogen) atoms. The fourth-order valence-electron chi connectivity index (χ4n) is 2.47. The number of benzene rings is 1. The van der Waals surface area contributed by atoms with E-state index in [-0.39, 0.29) is 5.91 Å². The van der Waals surface area contributed by atoms with Gasteiger partial charge in [0.25, 0.3) is 0 Å². The molecule has 1 aromatic rings. The summed E-state index contributed by atoms with van der Waals surface area (Å²) in [5.74, 6) is 1.77. The molecule has 5 nitrogen and oxygen atoms in total. The minimum Gasteiger partial charge on any atom is -0.497 e. The van der Waals surface area contributed by atoms with Crippen LogP contribution in [0, 0.1) is 5.92 Å². The number of anilines is 1. The van der Waals surface area contributed by atoms with Crippen LogP contribution in [0.2, 0.25) is 0 Å². The van der Waals surface area contributed by atoms with Gasteiger partial charge in [-0.25, -0.2) is 0 Å². The molecule has 0 spiro atoms. The number of methoxy groups -OCH3 is 2. The van der Waals surface area contributed by atoms with Crippen molar-refractivity contribution < 1.29 is 14.3 Å². The summed E-state index contributed by atoms with van der Waals surface area (Å²) in [7, 11) is 3.18. The molecule has 0 bridgehead atoms. The highest BCUT2D eigenvalue weighted by Gasteiger charge is 2.17. The van der Waals surface area contributed by atoms with Crippen molar-refractivity contribution in [3.63, 3.8) is 0 Å². The lowest BCUT2D eigenvalue weighted by molar-refractivity contribution is -0.117. The Morgan fingerprint density at radius 1 is 1.40 bits per heavy atom. The normalized spacial score (nSPS) is 18.4. The Kier molecular flexibility index (Phi) is 5.24. The fourth-order valence-corrected chi connectivity index (χ4v) is 2.47. The van der Waals surface area contributed by atoms with E-state index < -0.39 is 0 Å². The number of hydrogen-bond acceptors (Lipinski definition) is 4. The second-order valence-corrected chi connectivity index (χ2v) is 5.03. The van der Waals surface area contributed by atoms with Crippen molar-refractivity contribution in [3.8, 4) is 11.5 Å². The van der Waals surface area contributed by atoms with Gasteiger partial charge in [-0.3, -0.25) is 4.79 Å². The number of hydrogen-bond donors (Lipinski definition) is 2. The van der Waals surface area contributed by atoms with Crippen molar-refractivity contribution in [2.24, 2.45) is 5.92 Å². The lowest BCUT2D eigenvalue weighted by atomic mass is 9.96. The van der Waals surface area contributed by atoms with Crippen LogP contribution in [0.15, 0.2) is 18.2 Å². The van der Waals surface area contributed by atoms with E-state index in [1.165, 1.54) is 0 Å². The number of carbonyl (C=O) groups excluding carboxylic acids is 1. The van der Waals surface area contributed by atoms with E-state index in [1.807, 2.05) is 0 Å². The van der Waals surface area contributed by atoms with Crippen LogP contribution in [0.4, 0.5) is 5.69 Å². The molecule has 1 aromatic carbocycles. The SMILES string of the molecule is COc1ccc(OC)c(NC(=O)CC2CCCNC2)c1. The summed E-state index contributed by atoms with van der Waals surface area (Å²) in [4.78, 5) is 12.1. The van der Waals surface area contributed by atoms with Crippen molar-refractivity contribution in [1.82, 2.24) is 5.32 Å². The number of amides is 1. The van der Waals surface area contributed by atoms with E-state index >= 15 is 0 Å². The third kappa shape index (κ3) is 3.87. The first-order valence-corrected chi connectivity index (χ1v) is 6.95. The first kappa shape index (κ1) is 14.7. The van der Waals surface area contributed by atoms with Crippen LogP contribution in [0.5, 0.6) is 11.5 Å². The van der Waals surface area contributed by atoms with E-state index in [2.05, 4.69) is 10.6 Å². The molecule has 1 saturated heterocycles. The van der Waals surface area contributed by atoms with Crippen LogP contribution in [0.3, 0.4) is 0 Å². The highest BCUT2D eigenvalue weighted by Crippen LogP contribution is 2.29.